The van der Waals surface area contributed by atoms with Crippen LogP contribution in [-0.4, -0.2) is 90.7 Å². The second-order valence-electron chi connectivity index (χ2n) is 8.52. The number of ether oxygens (including phenoxy) is 2. The maximum absolute atomic E-state index is 12.5. The SMILES string of the molecule is COc1c(-c2cccc(-c3ccn(C)n3)c2)nc(N2CCOCC2)nc1N1CCN(C)C(=O)C1. The Morgan fingerprint density at radius 3 is 2.47 bits per heavy atom. The lowest BCUT2D eigenvalue weighted by Crippen LogP contribution is -2.49. The van der Waals surface area contributed by atoms with E-state index in [2.05, 4.69) is 16.1 Å². The molecule has 5 rings (SSSR count). The van der Waals surface area contributed by atoms with Gasteiger partial charge < -0.3 is 24.2 Å². The maximum atomic E-state index is 12.5. The van der Waals surface area contributed by atoms with Crippen molar-refractivity contribution in [3.05, 3.63) is 36.5 Å². The lowest BCUT2D eigenvalue weighted by Gasteiger charge is -2.34. The van der Waals surface area contributed by atoms with E-state index in [0.29, 0.717) is 62.6 Å². The van der Waals surface area contributed by atoms with Gasteiger partial charge in [0.2, 0.25) is 11.9 Å². The first-order valence-corrected chi connectivity index (χ1v) is 11.4. The van der Waals surface area contributed by atoms with Crippen LogP contribution < -0.4 is 14.5 Å². The molecule has 2 aliphatic rings. The Balaban J connectivity index is 1.63. The van der Waals surface area contributed by atoms with Gasteiger partial charge in [0, 0.05) is 57.6 Å². The van der Waals surface area contributed by atoms with E-state index in [-0.39, 0.29) is 12.5 Å². The van der Waals surface area contributed by atoms with Crippen LogP contribution in [0.25, 0.3) is 22.5 Å². The molecule has 0 N–H and O–H groups in total. The van der Waals surface area contributed by atoms with Gasteiger partial charge in [-0.1, -0.05) is 18.2 Å². The van der Waals surface area contributed by atoms with Gasteiger partial charge in [0.15, 0.2) is 11.6 Å². The van der Waals surface area contributed by atoms with Crippen LogP contribution >= 0.6 is 0 Å². The number of anilines is 2. The van der Waals surface area contributed by atoms with Crippen molar-refractivity contribution in [1.82, 2.24) is 24.6 Å². The smallest absolute Gasteiger partial charge is 0.241 e. The fourth-order valence-corrected chi connectivity index (χ4v) is 4.26. The second-order valence-corrected chi connectivity index (χ2v) is 8.52. The fraction of sp³-hybridized carbons (Fsp3) is 0.417. The summed E-state index contributed by atoms with van der Waals surface area (Å²) < 4.78 is 13.2. The van der Waals surface area contributed by atoms with Gasteiger partial charge >= 0.3 is 0 Å². The summed E-state index contributed by atoms with van der Waals surface area (Å²) in [6, 6.07) is 10.1. The lowest BCUT2D eigenvalue weighted by atomic mass is 10.0. The normalized spacial score (nSPS) is 16.8. The Labute approximate surface area is 198 Å². The number of rotatable bonds is 5. The van der Waals surface area contributed by atoms with E-state index in [1.54, 1.807) is 16.7 Å². The third kappa shape index (κ3) is 4.28. The van der Waals surface area contributed by atoms with Crippen molar-refractivity contribution < 1.29 is 14.3 Å². The first-order chi connectivity index (χ1) is 16.5. The highest BCUT2D eigenvalue weighted by Crippen LogP contribution is 2.39. The van der Waals surface area contributed by atoms with E-state index in [1.807, 2.05) is 49.5 Å². The summed E-state index contributed by atoms with van der Waals surface area (Å²) in [6.07, 6.45) is 1.92. The van der Waals surface area contributed by atoms with Crippen molar-refractivity contribution in [3.63, 3.8) is 0 Å². The zero-order valence-electron chi connectivity index (χ0n) is 19.8. The second kappa shape index (κ2) is 9.30. The molecule has 2 fully saturated rings. The lowest BCUT2D eigenvalue weighted by molar-refractivity contribution is -0.129. The summed E-state index contributed by atoms with van der Waals surface area (Å²) in [5, 5.41) is 4.54. The molecule has 0 aliphatic carbocycles. The van der Waals surface area contributed by atoms with E-state index in [0.717, 1.165) is 16.8 Å². The first kappa shape index (κ1) is 22.1. The highest BCUT2D eigenvalue weighted by Gasteiger charge is 2.29. The van der Waals surface area contributed by atoms with Crippen molar-refractivity contribution in [1.29, 1.82) is 0 Å². The van der Waals surface area contributed by atoms with Crippen LogP contribution in [-0.2, 0) is 16.6 Å². The minimum atomic E-state index is 0.0542. The number of hydrogen-bond acceptors (Lipinski definition) is 8. The molecule has 0 spiro atoms. The Morgan fingerprint density at radius 1 is 0.971 bits per heavy atom. The third-order valence-corrected chi connectivity index (χ3v) is 6.24. The maximum Gasteiger partial charge on any atom is 0.241 e. The van der Waals surface area contributed by atoms with Crippen molar-refractivity contribution >= 4 is 17.7 Å². The number of likely N-dealkylation sites (N-methyl/N-ethyl adjacent to an activating group) is 1. The average Bonchev–Trinajstić information content (AvgIpc) is 3.32. The number of aromatic nitrogens is 4. The van der Waals surface area contributed by atoms with Crippen molar-refractivity contribution in [2.75, 3.05) is 69.9 Å². The third-order valence-electron chi connectivity index (χ3n) is 6.24. The number of hydrogen-bond donors (Lipinski definition) is 0. The minimum absolute atomic E-state index is 0.0542. The summed E-state index contributed by atoms with van der Waals surface area (Å²) in [6.45, 7) is 4.22. The summed E-state index contributed by atoms with van der Waals surface area (Å²) >= 11 is 0. The number of amides is 1. The highest BCUT2D eigenvalue weighted by atomic mass is 16.5. The zero-order chi connectivity index (χ0) is 23.7. The Morgan fingerprint density at radius 2 is 1.76 bits per heavy atom. The molecular weight excluding hydrogens is 434 g/mol. The zero-order valence-corrected chi connectivity index (χ0v) is 19.8. The summed E-state index contributed by atoms with van der Waals surface area (Å²) in [4.78, 5) is 28.2. The monoisotopic (exact) mass is 463 g/mol. The number of carbonyl (C=O) groups is 1. The van der Waals surface area contributed by atoms with Crippen LogP contribution in [0.1, 0.15) is 0 Å². The molecule has 10 heteroatoms. The van der Waals surface area contributed by atoms with Crippen LogP contribution in [0.15, 0.2) is 36.5 Å². The molecular formula is C24H29N7O3. The Hall–Kier alpha value is -3.66. The minimum Gasteiger partial charge on any atom is -0.491 e. The molecule has 4 heterocycles. The van der Waals surface area contributed by atoms with E-state index in [9.17, 15) is 4.79 Å². The van der Waals surface area contributed by atoms with Gasteiger partial charge in [-0.25, -0.2) is 4.98 Å². The van der Waals surface area contributed by atoms with Crippen LogP contribution in [0, 0.1) is 0 Å². The molecule has 34 heavy (non-hydrogen) atoms. The topological polar surface area (TPSA) is 88.8 Å². The fourth-order valence-electron chi connectivity index (χ4n) is 4.26. The van der Waals surface area contributed by atoms with Gasteiger partial charge in [-0.3, -0.25) is 9.48 Å². The number of benzene rings is 1. The number of morpholine rings is 1. The first-order valence-electron chi connectivity index (χ1n) is 11.4. The average molecular weight is 464 g/mol. The van der Waals surface area contributed by atoms with Crippen LogP contribution in [0.3, 0.4) is 0 Å². The van der Waals surface area contributed by atoms with Crippen LogP contribution in [0.4, 0.5) is 11.8 Å². The molecule has 1 amide bonds. The highest BCUT2D eigenvalue weighted by molar-refractivity contribution is 5.85. The quantitative estimate of drug-likeness (QED) is 0.565. The van der Waals surface area contributed by atoms with Gasteiger partial charge in [0.1, 0.15) is 5.69 Å². The molecule has 2 aliphatic heterocycles. The largest absolute Gasteiger partial charge is 0.491 e. The number of aryl methyl sites for hydroxylation is 1. The van der Waals surface area contributed by atoms with Crippen LogP contribution in [0.5, 0.6) is 5.75 Å². The predicted octanol–water partition coefficient (Wildman–Crippen LogP) is 1.67. The standard InChI is InChI=1S/C24H29N7O3/c1-28-9-10-31(16-20(28)32)23-22(33-3)21(25-24(26-23)30-11-13-34-14-12-30)18-6-4-5-17(15-18)19-7-8-29(2)27-19/h4-8,15H,9-14,16H2,1-3H3. The summed E-state index contributed by atoms with van der Waals surface area (Å²) in [7, 11) is 5.35. The van der Waals surface area contributed by atoms with Gasteiger partial charge in [-0.2, -0.15) is 10.1 Å². The number of carbonyl (C=O) groups excluding carboxylic acids is 1. The van der Waals surface area contributed by atoms with E-state index in [1.165, 1.54) is 0 Å². The summed E-state index contributed by atoms with van der Waals surface area (Å²) in [5.41, 5.74) is 3.47. The number of methoxy groups -OCH3 is 1. The molecule has 0 bridgehead atoms. The molecule has 1 aromatic carbocycles. The van der Waals surface area contributed by atoms with Crippen molar-refractivity contribution in [2.24, 2.45) is 7.05 Å². The van der Waals surface area contributed by atoms with Gasteiger partial charge in [-0.15, -0.1) is 0 Å². The van der Waals surface area contributed by atoms with E-state index in [4.69, 9.17) is 19.4 Å². The van der Waals surface area contributed by atoms with Crippen molar-refractivity contribution in [2.45, 2.75) is 0 Å². The summed E-state index contributed by atoms with van der Waals surface area (Å²) in [5.74, 6) is 1.87. The molecule has 2 saturated heterocycles. The van der Waals surface area contributed by atoms with Gasteiger partial charge in [0.05, 0.1) is 32.6 Å². The molecule has 10 nitrogen and oxygen atoms in total. The van der Waals surface area contributed by atoms with Gasteiger partial charge in [-0.05, 0) is 12.1 Å². The Bertz CT molecular complexity index is 1190. The molecule has 178 valence electrons. The molecule has 2 aromatic heterocycles. The van der Waals surface area contributed by atoms with E-state index >= 15 is 0 Å². The molecule has 0 unspecified atom stereocenters. The van der Waals surface area contributed by atoms with Crippen molar-refractivity contribution in [3.8, 4) is 28.3 Å². The van der Waals surface area contributed by atoms with Crippen LogP contribution in [0.2, 0.25) is 0 Å². The Kier molecular flexibility index (Phi) is 6.06. The molecule has 0 atom stereocenters. The molecule has 0 radical (unpaired) electrons. The predicted molar refractivity (Wildman–Crippen MR) is 129 cm³/mol. The molecule has 0 saturated carbocycles. The number of nitrogens with zero attached hydrogens (tertiary/aromatic N) is 7. The molecule has 3 aromatic rings. The van der Waals surface area contributed by atoms with E-state index < -0.39 is 0 Å². The van der Waals surface area contributed by atoms with Gasteiger partial charge in [0.25, 0.3) is 0 Å². The number of piperazine rings is 1.